The lowest BCUT2D eigenvalue weighted by Crippen LogP contribution is -2.29. The Kier molecular flexibility index (Phi) is 9.34. The summed E-state index contributed by atoms with van der Waals surface area (Å²) < 4.78 is 3.44. The third-order valence-corrected chi connectivity index (χ3v) is 7.43. The number of rotatable bonds is 11. The van der Waals surface area contributed by atoms with Crippen molar-refractivity contribution in [2.24, 2.45) is 5.16 Å². The molecule has 0 spiro atoms. The van der Waals surface area contributed by atoms with E-state index in [2.05, 4.69) is 20.2 Å². The largest absolute Gasteiger partial charge is 0.391 e. The lowest BCUT2D eigenvalue weighted by Gasteiger charge is -2.28. The lowest BCUT2D eigenvalue weighted by molar-refractivity contribution is 0.128. The summed E-state index contributed by atoms with van der Waals surface area (Å²) in [5, 5.41) is 15.5. The molecule has 204 valence electrons. The fourth-order valence-electron chi connectivity index (χ4n) is 4.42. The first kappa shape index (κ1) is 28.1. The second-order valence-corrected chi connectivity index (χ2v) is 10.6. The molecule has 2 atom stereocenters. The van der Waals surface area contributed by atoms with E-state index in [1.54, 1.807) is 46.3 Å². The van der Waals surface area contributed by atoms with Crippen LogP contribution in [0.25, 0.3) is 0 Å². The summed E-state index contributed by atoms with van der Waals surface area (Å²) >= 11 is 26.1. The summed E-state index contributed by atoms with van der Waals surface area (Å²) in [6, 6.07) is 20.6. The van der Waals surface area contributed by atoms with Gasteiger partial charge in [-0.25, -0.2) is 9.97 Å². The Morgan fingerprint density at radius 1 is 0.725 bits per heavy atom. The van der Waals surface area contributed by atoms with Gasteiger partial charge in [-0.3, -0.25) is 9.36 Å². The molecule has 2 unspecified atom stereocenters. The first-order chi connectivity index (χ1) is 19.5. The molecular weight excluding hydrogens is 592 g/mol. The summed E-state index contributed by atoms with van der Waals surface area (Å²) in [4.78, 5) is 14.3. The van der Waals surface area contributed by atoms with E-state index in [0.29, 0.717) is 38.9 Å². The molecule has 0 N–H and O–H groups in total. The van der Waals surface area contributed by atoms with Crippen LogP contribution < -0.4 is 0 Å². The molecule has 0 aliphatic rings. The number of oxime groups is 1. The maximum atomic E-state index is 6.79. The van der Waals surface area contributed by atoms with Crippen molar-refractivity contribution in [1.82, 2.24) is 29.5 Å². The van der Waals surface area contributed by atoms with Crippen LogP contribution in [0.4, 0.5) is 0 Å². The van der Waals surface area contributed by atoms with Crippen molar-refractivity contribution in [1.29, 1.82) is 0 Å². The van der Waals surface area contributed by atoms with Crippen LogP contribution in [-0.4, -0.2) is 35.2 Å². The van der Waals surface area contributed by atoms with Crippen LogP contribution in [0.1, 0.15) is 28.5 Å². The monoisotopic (exact) mass is 613 g/mol. The van der Waals surface area contributed by atoms with Crippen LogP contribution in [0.2, 0.25) is 20.1 Å². The van der Waals surface area contributed by atoms with Crippen LogP contribution in [0.5, 0.6) is 0 Å². The summed E-state index contributed by atoms with van der Waals surface area (Å²) in [5.74, 6) is -0.829. The van der Waals surface area contributed by atoms with Gasteiger partial charge in [0.15, 0.2) is 0 Å². The second kappa shape index (κ2) is 13.3. The molecule has 5 rings (SSSR count). The van der Waals surface area contributed by atoms with E-state index >= 15 is 0 Å². The van der Waals surface area contributed by atoms with Crippen molar-refractivity contribution in [2.75, 3.05) is 0 Å². The highest BCUT2D eigenvalue weighted by Crippen LogP contribution is 2.38. The summed E-state index contributed by atoms with van der Waals surface area (Å²) in [7, 11) is 0. The minimum absolute atomic E-state index is 0.263. The van der Waals surface area contributed by atoms with Gasteiger partial charge in [0, 0.05) is 31.9 Å². The SMILES string of the molecule is Clc1ccc(C(Cn2cncn2)C(=NOCc2ccccc2)C(Cn2cncn2)c2ccc(Cl)cc2Cl)c(Cl)c1. The molecule has 0 saturated heterocycles. The fourth-order valence-corrected chi connectivity index (χ4v) is 5.50. The topological polar surface area (TPSA) is 83.0 Å². The van der Waals surface area contributed by atoms with Crippen molar-refractivity contribution >= 4 is 52.1 Å². The highest BCUT2D eigenvalue weighted by Gasteiger charge is 2.32. The Labute approximate surface area is 251 Å². The molecule has 3 aromatic carbocycles. The molecule has 8 nitrogen and oxygen atoms in total. The van der Waals surface area contributed by atoms with E-state index in [-0.39, 0.29) is 6.61 Å². The number of hydrogen-bond acceptors (Lipinski definition) is 6. The average Bonchev–Trinajstić information content (AvgIpc) is 3.65. The van der Waals surface area contributed by atoms with E-state index in [1.165, 1.54) is 12.7 Å². The van der Waals surface area contributed by atoms with Crippen molar-refractivity contribution in [3.8, 4) is 0 Å². The van der Waals surface area contributed by atoms with Gasteiger partial charge in [0.25, 0.3) is 0 Å². The highest BCUT2D eigenvalue weighted by atomic mass is 35.5. The Morgan fingerprint density at radius 3 is 1.70 bits per heavy atom. The summed E-state index contributed by atoms with van der Waals surface area (Å²) in [6.07, 6.45) is 6.24. The van der Waals surface area contributed by atoms with E-state index < -0.39 is 11.8 Å². The van der Waals surface area contributed by atoms with Gasteiger partial charge in [0.1, 0.15) is 31.9 Å². The molecule has 0 aliphatic heterocycles. The first-order valence-electron chi connectivity index (χ1n) is 12.3. The van der Waals surface area contributed by atoms with E-state index in [0.717, 1.165) is 16.7 Å². The molecule has 0 bridgehead atoms. The lowest BCUT2D eigenvalue weighted by atomic mass is 9.82. The van der Waals surface area contributed by atoms with Crippen LogP contribution >= 0.6 is 46.4 Å². The van der Waals surface area contributed by atoms with Crippen molar-refractivity contribution < 1.29 is 4.84 Å². The quantitative estimate of drug-likeness (QED) is 0.115. The molecule has 2 aromatic heterocycles. The molecule has 0 amide bonds. The van der Waals surface area contributed by atoms with E-state index in [1.807, 2.05) is 42.5 Å². The zero-order valence-corrected chi connectivity index (χ0v) is 24.0. The second-order valence-electron chi connectivity index (χ2n) is 8.95. The third kappa shape index (κ3) is 7.01. The van der Waals surface area contributed by atoms with E-state index in [4.69, 9.17) is 56.4 Å². The maximum Gasteiger partial charge on any atom is 0.142 e. The van der Waals surface area contributed by atoms with Gasteiger partial charge in [0.2, 0.25) is 0 Å². The Morgan fingerprint density at radius 2 is 1.25 bits per heavy atom. The predicted octanol–water partition coefficient (Wildman–Crippen LogP) is 7.32. The molecule has 0 aliphatic carbocycles. The number of aromatic nitrogens is 6. The molecule has 0 fully saturated rings. The minimum Gasteiger partial charge on any atom is -0.391 e. The summed E-state index contributed by atoms with van der Waals surface area (Å²) in [5.41, 5.74) is 3.20. The van der Waals surface area contributed by atoms with Crippen LogP contribution in [0.15, 0.2) is 97.2 Å². The number of hydrogen-bond donors (Lipinski definition) is 0. The zero-order valence-electron chi connectivity index (χ0n) is 21.0. The van der Waals surface area contributed by atoms with Gasteiger partial charge in [0.05, 0.1) is 18.8 Å². The van der Waals surface area contributed by atoms with Crippen LogP contribution in [0.3, 0.4) is 0 Å². The first-order valence-corrected chi connectivity index (χ1v) is 13.8. The molecule has 2 heterocycles. The maximum absolute atomic E-state index is 6.79. The Hall–Kier alpha value is -3.43. The fraction of sp³-hybridized carbons (Fsp3) is 0.179. The minimum atomic E-state index is -0.414. The molecule has 5 aromatic rings. The summed E-state index contributed by atoms with van der Waals surface area (Å²) in [6.45, 7) is 1.00. The highest BCUT2D eigenvalue weighted by molar-refractivity contribution is 6.36. The molecule has 0 radical (unpaired) electrons. The number of nitrogens with zero attached hydrogens (tertiary/aromatic N) is 7. The Balaban J connectivity index is 1.66. The van der Waals surface area contributed by atoms with Crippen molar-refractivity contribution in [3.63, 3.8) is 0 Å². The molecular formula is C28H23Cl4N7O. The molecule has 40 heavy (non-hydrogen) atoms. The van der Waals surface area contributed by atoms with Gasteiger partial charge < -0.3 is 4.84 Å². The van der Waals surface area contributed by atoms with Crippen molar-refractivity contribution in [3.05, 3.63) is 129 Å². The van der Waals surface area contributed by atoms with Crippen LogP contribution in [-0.2, 0) is 24.5 Å². The normalized spacial score (nSPS) is 12.6. The number of halogens is 4. The molecule has 0 saturated carbocycles. The van der Waals surface area contributed by atoms with Crippen LogP contribution in [0, 0.1) is 0 Å². The smallest absolute Gasteiger partial charge is 0.142 e. The average molecular weight is 615 g/mol. The van der Waals surface area contributed by atoms with Gasteiger partial charge in [-0.15, -0.1) is 0 Å². The third-order valence-electron chi connectivity index (χ3n) is 6.31. The Bertz CT molecular complexity index is 1470. The van der Waals surface area contributed by atoms with E-state index in [9.17, 15) is 0 Å². The predicted molar refractivity (Wildman–Crippen MR) is 157 cm³/mol. The van der Waals surface area contributed by atoms with Gasteiger partial charge >= 0.3 is 0 Å². The van der Waals surface area contributed by atoms with Gasteiger partial charge in [-0.1, -0.05) is 94.0 Å². The van der Waals surface area contributed by atoms with Gasteiger partial charge in [-0.05, 0) is 41.0 Å². The van der Waals surface area contributed by atoms with Gasteiger partial charge in [-0.2, -0.15) is 10.2 Å². The number of benzene rings is 3. The van der Waals surface area contributed by atoms with Crippen molar-refractivity contribution in [2.45, 2.75) is 31.5 Å². The molecule has 12 heteroatoms. The zero-order chi connectivity index (χ0) is 27.9. The standard InChI is InChI=1S/C28H23Cl4N7O/c29-20-6-8-22(26(31)10-20)24(12-38-17-33-15-35-38)28(37-40-14-19-4-2-1-3-5-19)25(13-39-18-34-16-36-39)23-9-7-21(30)11-27(23)32/h1-11,15-18,24-25H,12-14H2.